The largest absolute Gasteiger partial charge is 0.308 e. The van der Waals surface area contributed by atoms with Crippen molar-refractivity contribution in [1.29, 1.82) is 0 Å². The van der Waals surface area contributed by atoms with Crippen LogP contribution in [0.5, 0.6) is 0 Å². The second-order valence-electron chi connectivity index (χ2n) is 4.24. The number of hydrogen-bond donors (Lipinski definition) is 2. The summed E-state index contributed by atoms with van der Waals surface area (Å²) in [6.45, 7) is 0. The van der Waals surface area contributed by atoms with Crippen LogP contribution in [0.3, 0.4) is 0 Å². The van der Waals surface area contributed by atoms with E-state index in [9.17, 15) is 0 Å². The Balaban J connectivity index is 1.86. The van der Waals surface area contributed by atoms with E-state index in [4.69, 9.17) is 17.4 Å². The smallest absolute Gasteiger partial charge is 0.163 e. The standard InChI is InChI=1S/C12H12ClN7S/c1-20-12-8(5-16-20)11(19-14)17-9(18-12)6-21-10-3-2-7(13)4-15-10/h2-5H,6,14H2,1H3,(H,17,18,19). The number of nitrogen functional groups attached to an aromatic ring is 1. The van der Waals surface area contributed by atoms with E-state index in [0.717, 1.165) is 16.1 Å². The number of rotatable bonds is 4. The van der Waals surface area contributed by atoms with Crippen molar-refractivity contribution in [3.63, 3.8) is 0 Å². The van der Waals surface area contributed by atoms with E-state index in [1.54, 1.807) is 23.1 Å². The third-order valence-electron chi connectivity index (χ3n) is 2.82. The third kappa shape index (κ3) is 2.92. The van der Waals surface area contributed by atoms with Crippen LogP contribution in [0.1, 0.15) is 5.82 Å². The molecule has 0 aromatic carbocycles. The fourth-order valence-corrected chi connectivity index (χ4v) is 2.64. The number of nitrogens with zero attached hydrogens (tertiary/aromatic N) is 5. The van der Waals surface area contributed by atoms with Crippen molar-refractivity contribution < 1.29 is 0 Å². The molecule has 21 heavy (non-hydrogen) atoms. The Kier molecular flexibility index (Phi) is 3.91. The van der Waals surface area contributed by atoms with Gasteiger partial charge in [0.15, 0.2) is 11.5 Å². The van der Waals surface area contributed by atoms with Gasteiger partial charge in [-0.15, -0.1) is 0 Å². The quantitative estimate of drug-likeness (QED) is 0.431. The number of anilines is 1. The normalized spacial score (nSPS) is 11.0. The van der Waals surface area contributed by atoms with Crippen molar-refractivity contribution in [3.8, 4) is 0 Å². The van der Waals surface area contributed by atoms with Crippen LogP contribution in [-0.4, -0.2) is 24.7 Å². The molecule has 3 aromatic heterocycles. The van der Waals surface area contributed by atoms with Crippen LogP contribution in [0.2, 0.25) is 5.02 Å². The van der Waals surface area contributed by atoms with Crippen LogP contribution in [0, 0.1) is 0 Å². The molecule has 108 valence electrons. The Bertz CT molecular complexity index is 771. The van der Waals surface area contributed by atoms with Gasteiger partial charge in [-0.2, -0.15) is 5.10 Å². The summed E-state index contributed by atoms with van der Waals surface area (Å²) in [4.78, 5) is 13.1. The summed E-state index contributed by atoms with van der Waals surface area (Å²) < 4.78 is 1.69. The van der Waals surface area contributed by atoms with E-state index in [0.29, 0.717) is 22.4 Å². The number of pyridine rings is 1. The predicted molar refractivity (Wildman–Crippen MR) is 82.9 cm³/mol. The topological polar surface area (TPSA) is 94.5 Å². The molecule has 0 unspecified atom stereocenters. The van der Waals surface area contributed by atoms with Gasteiger partial charge in [0, 0.05) is 13.2 Å². The summed E-state index contributed by atoms with van der Waals surface area (Å²) in [5.74, 6) is 7.30. The Morgan fingerprint density at radius 3 is 2.90 bits per heavy atom. The summed E-state index contributed by atoms with van der Waals surface area (Å²) in [5, 5.41) is 6.42. The van der Waals surface area contributed by atoms with E-state index >= 15 is 0 Å². The maximum atomic E-state index is 5.81. The van der Waals surface area contributed by atoms with Gasteiger partial charge in [-0.05, 0) is 12.1 Å². The average molecular weight is 322 g/mol. The molecule has 0 atom stereocenters. The van der Waals surface area contributed by atoms with Crippen LogP contribution in [-0.2, 0) is 12.8 Å². The zero-order valence-corrected chi connectivity index (χ0v) is 12.7. The minimum absolute atomic E-state index is 0.563. The Morgan fingerprint density at radius 2 is 2.19 bits per heavy atom. The van der Waals surface area contributed by atoms with Crippen LogP contribution < -0.4 is 11.3 Å². The van der Waals surface area contributed by atoms with E-state index in [1.165, 1.54) is 11.8 Å². The van der Waals surface area contributed by atoms with Gasteiger partial charge < -0.3 is 5.43 Å². The summed E-state index contributed by atoms with van der Waals surface area (Å²) in [6, 6.07) is 3.66. The van der Waals surface area contributed by atoms with Gasteiger partial charge in [-0.25, -0.2) is 20.8 Å². The summed E-state index contributed by atoms with van der Waals surface area (Å²) in [7, 11) is 1.83. The molecule has 0 radical (unpaired) electrons. The molecule has 0 saturated heterocycles. The average Bonchev–Trinajstić information content (AvgIpc) is 2.87. The van der Waals surface area contributed by atoms with Gasteiger partial charge in [0.05, 0.1) is 27.4 Å². The number of thioether (sulfide) groups is 1. The number of fused-ring (bicyclic) bond motifs is 1. The Labute approximate surface area is 129 Å². The lowest BCUT2D eigenvalue weighted by Crippen LogP contribution is -2.11. The molecule has 9 heteroatoms. The predicted octanol–water partition coefficient (Wildman–Crippen LogP) is 1.99. The fourth-order valence-electron chi connectivity index (χ4n) is 1.83. The first kappa shape index (κ1) is 14.1. The molecule has 7 nitrogen and oxygen atoms in total. The van der Waals surface area contributed by atoms with Gasteiger partial charge in [0.1, 0.15) is 5.82 Å². The highest BCUT2D eigenvalue weighted by Crippen LogP contribution is 2.24. The first-order valence-electron chi connectivity index (χ1n) is 6.07. The number of halogens is 1. The van der Waals surface area contributed by atoms with Crippen LogP contribution in [0.15, 0.2) is 29.6 Å². The van der Waals surface area contributed by atoms with Crippen LogP contribution in [0.25, 0.3) is 11.0 Å². The molecule has 3 aromatic rings. The number of nitrogens with two attached hydrogens (primary N) is 1. The molecule has 0 aliphatic rings. The zero-order valence-electron chi connectivity index (χ0n) is 11.1. The van der Waals surface area contributed by atoms with Crippen molar-refractivity contribution in [2.45, 2.75) is 10.8 Å². The number of hydrazine groups is 1. The lowest BCUT2D eigenvalue weighted by atomic mass is 10.4. The second-order valence-corrected chi connectivity index (χ2v) is 5.67. The number of nitrogens with one attached hydrogen (secondary N) is 1. The van der Waals surface area contributed by atoms with E-state index in [-0.39, 0.29) is 0 Å². The van der Waals surface area contributed by atoms with Crippen molar-refractivity contribution in [3.05, 3.63) is 35.4 Å². The van der Waals surface area contributed by atoms with Crippen molar-refractivity contribution in [2.24, 2.45) is 12.9 Å². The molecular formula is C12H12ClN7S. The van der Waals surface area contributed by atoms with Gasteiger partial charge in [-0.3, -0.25) is 4.68 Å². The summed E-state index contributed by atoms with van der Waals surface area (Å²) >= 11 is 7.34. The monoisotopic (exact) mass is 321 g/mol. The molecule has 0 amide bonds. The first-order valence-corrected chi connectivity index (χ1v) is 7.43. The zero-order chi connectivity index (χ0) is 14.8. The lowest BCUT2D eigenvalue weighted by Gasteiger charge is -2.05. The van der Waals surface area contributed by atoms with Crippen LogP contribution >= 0.6 is 23.4 Å². The number of hydrogen-bond acceptors (Lipinski definition) is 7. The van der Waals surface area contributed by atoms with E-state index in [1.807, 2.05) is 13.1 Å². The number of aromatic nitrogens is 5. The number of aryl methyl sites for hydroxylation is 1. The summed E-state index contributed by atoms with van der Waals surface area (Å²) in [6.07, 6.45) is 3.30. The highest BCUT2D eigenvalue weighted by molar-refractivity contribution is 7.98. The fraction of sp³-hybridized carbons (Fsp3) is 0.167. The maximum absolute atomic E-state index is 5.81. The maximum Gasteiger partial charge on any atom is 0.163 e. The molecule has 0 bridgehead atoms. The minimum atomic E-state index is 0.563. The molecule has 0 fully saturated rings. The van der Waals surface area contributed by atoms with Gasteiger partial charge in [-0.1, -0.05) is 23.4 Å². The first-order chi connectivity index (χ1) is 10.2. The molecule has 0 aliphatic heterocycles. The minimum Gasteiger partial charge on any atom is -0.308 e. The van der Waals surface area contributed by atoms with Gasteiger partial charge in [0.2, 0.25) is 0 Å². The van der Waals surface area contributed by atoms with Crippen molar-refractivity contribution in [1.82, 2.24) is 24.7 Å². The van der Waals surface area contributed by atoms with Crippen molar-refractivity contribution in [2.75, 3.05) is 5.43 Å². The lowest BCUT2D eigenvalue weighted by molar-refractivity contribution is 0.782. The van der Waals surface area contributed by atoms with Gasteiger partial charge in [0.25, 0.3) is 0 Å². The molecule has 3 rings (SSSR count). The third-order valence-corrected chi connectivity index (χ3v) is 3.99. The molecule has 3 N–H and O–H groups in total. The molecule has 0 saturated carbocycles. The van der Waals surface area contributed by atoms with Crippen LogP contribution in [0.4, 0.5) is 5.82 Å². The second kappa shape index (κ2) is 5.84. The highest BCUT2D eigenvalue weighted by atomic mass is 35.5. The molecule has 3 heterocycles. The molecule has 0 aliphatic carbocycles. The van der Waals surface area contributed by atoms with Gasteiger partial charge >= 0.3 is 0 Å². The molecular weight excluding hydrogens is 310 g/mol. The van der Waals surface area contributed by atoms with E-state index in [2.05, 4.69) is 25.5 Å². The summed E-state index contributed by atoms with van der Waals surface area (Å²) in [5.41, 5.74) is 3.32. The molecule has 0 spiro atoms. The Hall–Kier alpha value is -1.90. The Morgan fingerprint density at radius 1 is 1.33 bits per heavy atom. The van der Waals surface area contributed by atoms with Crippen molar-refractivity contribution >= 4 is 40.2 Å². The highest BCUT2D eigenvalue weighted by Gasteiger charge is 2.11. The van der Waals surface area contributed by atoms with E-state index < -0.39 is 0 Å². The SMILES string of the molecule is Cn1ncc2c(NN)nc(CSc3ccc(Cl)cn3)nc21.